The van der Waals surface area contributed by atoms with E-state index in [-0.39, 0.29) is 0 Å². The number of nitrogens with zero attached hydrogens (tertiary/aromatic N) is 2. The lowest BCUT2D eigenvalue weighted by Crippen LogP contribution is -2.08. The molecule has 0 spiro atoms. The van der Waals surface area contributed by atoms with Crippen LogP contribution in [0.2, 0.25) is 0 Å². The number of anilines is 3. The predicted octanol–water partition coefficient (Wildman–Crippen LogP) is 1.59. The molecule has 0 aliphatic rings. The summed E-state index contributed by atoms with van der Waals surface area (Å²) >= 11 is 0. The first-order chi connectivity index (χ1) is 8.72. The van der Waals surface area contributed by atoms with Crippen LogP contribution in [0, 0.1) is 0 Å². The van der Waals surface area contributed by atoms with Crippen molar-refractivity contribution in [1.29, 1.82) is 0 Å². The van der Waals surface area contributed by atoms with Crippen molar-refractivity contribution in [1.82, 2.24) is 9.97 Å². The number of hydrogen-bond donors (Lipinski definition) is 2. The van der Waals surface area contributed by atoms with Crippen LogP contribution in [0.15, 0.2) is 36.9 Å². The van der Waals surface area contributed by atoms with Gasteiger partial charge in [0.05, 0.1) is 42.1 Å². The van der Waals surface area contributed by atoms with Crippen LogP contribution in [0.1, 0.15) is 10.4 Å². The molecule has 0 saturated carbocycles. The highest BCUT2D eigenvalue weighted by Gasteiger charge is 2.14. The molecule has 3 N–H and O–H groups in total. The van der Waals surface area contributed by atoms with Gasteiger partial charge >= 0.3 is 5.97 Å². The van der Waals surface area contributed by atoms with E-state index >= 15 is 0 Å². The first-order valence-electron chi connectivity index (χ1n) is 5.21. The molecule has 0 unspecified atom stereocenters. The second kappa shape index (κ2) is 5.13. The van der Waals surface area contributed by atoms with Crippen molar-refractivity contribution in [2.24, 2.45) is 0 Å². The van der Waals surface area contributed by atoms with Gasteiger partial charge in [0.15, 0.2) is 0 Å². The average Bonchev–Trinajstić information content (AvgIpc) is 2.41. The van der Waals surface area contributed by atoms with E-state index in [4.69, 9.17) is 10.5 Å². The SMILES string of the molecule is COC(=O)c1cccc(N)c1Nc1cncnc1. The molecule has 6 heteroatoms. The quantitative estimate of drug-likeness (QED) is 0.629. The van der Waals surface area contributed by atoms with Crippen LogP contribution in [0.3, 0.4) is 0 Å². The maximum absolute atomic E-state index is 11.6. The number of nitrogens with two attached hydrogens (primary N) is 1. The van der Waals surface area contributed by atoms with Gasteiger partial charge in [-0.2, -0.15) is 0 Å². The minimum atomic E-state index is -0.457. The number of benzene rings is 1. The molecule has 0 fully saturated rings. The Bertz CT molecular complexity index is 557. The number of ether oxygens (including phenoxy) is 1. The van der Waals surface area contributed by atoms with Gasteiger partial charge in [-0.1, -0.05) is 6.07 Å². The van der Waals surface area contributed by atoms with E-state index < -0.39 is 5.97 Å². The van der Waals surface area contributed by atoms with Gasteiger partial charge in [-0.05, 0) is 12.1 Å². The largest absolute Gasteiger partial charge is 0.465 e. The van der Waals surface area contributed by atoms with Crippen molar-refractivity contribution < 1.29 is 9.53 Å². The topological polar surface area (TPSA) is 90.1 Å². The molecule has 2 aromatic rings. The number of esters is 1. The molecule has 0 aliphatic heterocycles. The Labute approximate surface area is 104 Å². The minimum Gasteiger partial charge on any atom is -0.465 e. The average molecular weight is 244 g/mol. The summed E-state index contributed by atoms with van der Waals surface area (Å²) in [4.78, 5) is 19.4. The Kier molecular flexibility index (Phi) is 3.38. The Morgan fingerprint density at radius 2 is 2.06 bits per heavy atom. The van der Waals surface area contributed by atoms with E-state index in [9.17, 15) is 4.79 Å². The van der Waals surface area contributed by atoms with Crippen molar-refractivity contribution in [3.05, 3.63) is 42.5 Å². The van der Waals surface area contributed by atoms with Crippen LogP contribution in [-0.4, -0.2) is 23.0 Å². The van der Waals surface area contributed by atoms with E-state index in [2.05, 4.69) is 15.3 Å². The van der Waals surface area contributed by atoms with Gasteiger partial charge in [-0.15, -0.1) is 0 Å². The van der Waals surface area contributed by atoms with E-state index in [0.29, 0.717) is 22.6 Å². The fourth-order valence-electron chi connectivity index (χ4n) is 1.50. The molecular formula is C12H12N4O2. The monoisotopic (exact) mass is 244 g/mol. The Morgan fingerprint density at radius 1 is 1.33 bits per heavy atom. The highest BCUT2D eigenvalue weighted by Crippen LogP contribution is 2.27. The lowest BCUT2D eigenvalue weighted by Gasteiger charge is -2.12. The Morgan fingerprint density at radius 3 is 2.72 bits per heavy atom. The van der Waals surface area contributed by atoms with Gasteiger partial charge in [-0.25, -0.2) is 14.8 Å². The van der Waals surface area contributed by atoms with Crippen molar-refractivity contribution in [3.8, 4) is 0 Å². The number of carbonyl (C=O) groups excluding carboxylic acids is 1. The van der Waals surface area contributed by atoms with E-state index in [1.54, 1.807) is 30.6 Å². The fraction of sp³-hybridized carbons (Fsp3) is 0.0833. The minimum absolute atomic E-state index is 0.362. The van der Waals surface area contributed by atoms with Crippen LogP contribution in [-0.2, 0) is 4.74 Å². The smallest absolute Gasteiger partial charge is 0.340 e. The molecule has 0 atom stereocenters. The molecule has 0 radical (unpaired) electrons. The van der Waals surface area contributed by atoms with Gasteiger partial charge in [0.2, 0.25) is 0 Å². The first-order valence-corrected chi connectivity index (χ1v) is 5.21. The van der Waals surface area contributed by atoms with Gasteiger partial charge in [0.25, 0.3) is 0 Å². The lowest BCUT2D eigenvalue weighted by atomic mass is 10.1. The molecule has 1 aromatic carbocycles. The van der Waals surface area contributed by atoms with Crippen LogP contribution in [0.4, 0.5) is 17.1 Å². The zero-order valence-corrected chi connectivity index (χ0v) is 9.75. The van der Waals surface area contributed by atoms with E-state index in [1.807, 2.05) is 0 Å². The molecule has 1 aromatic heterocycles. The number of para-hydroxylation sites is 1. The summed E-state index contributed by atoms with van der Waals surface area (Å²) in [5.41, 5.74) is 7.78. The van der Waals surface area contributed by atoms with Crippen molar-refractivity contribution in [2.45, 2.75) is 0 Å². The molecule has 18 heavy (non-hydrogen) atoms. The Hall–Kier alpha value is -2.63. The molecule has 0 saturated heterocycles. The summed E-state index contributed by atoms with van der Waals surface area (Å²) < 4.78 is 4.70. The number of carbonyl (C=O) groups is 1. The van der Waals surface area contributed by atoms with Gasteiger partial charge in [-0.3, -0.25) is 0 Å². The molecule has 1 heterocycles. The molecule has 92 valence electrons. The van der Waals surface area contributed by atoms with Crippen LogP contribution < -0.4 is 11.1 Å². The van der Waals surface area contributed by atoms with Gasteiger partial charge in [0, 0.05) is 0 Å². The maximum atomic E-state index is 11.6. The summed E-state index contributed by atoms with van der Waals surface area (Å²) in [6.07, 6.45) is 4.59. The normalized spacial score (nSPS) is 9.83. The number of nitrogens with one attached hydrogen (secondary N) is 1. The number of rotatable bonds is 3. The third-order valence-electron chi connectivity index (χ3n) is 2.33. The van der Waals surface area contributed by atoms with Crippen LogP contribution in [0.25, 0.3) is 0 Å². The molecular weight excluding hydrogens is 232 g/mol. The number of hydrogen-bond acceptors (Lipinski definition) is 6. The number of methoxy groups -OCH3 is 1. The molecule has 6 nitrogen and oxygen atoms in total. The van der Waals surface area contributed by atoms with Crippen molar-refractivity contribution in [2.75, 3.05) is 18.2 Å². The predicted molar refractivity (Wildman–Crippen MR) is 67.5 cm³/mol. The molecule has 2 rings (SSSR count). The zero-order chi connectivity index (χ0) is 13.0. The third kappa shape index (κ3) is 2.37. The standard InChI is InChI=1S/C12H12N4O2/c1-18-12(17)9-3-2-4-10(13)11(9)16-8-5-14-7-15-6-8/h2-7,16H,13H2,1H3. The van der Waals surface area contributed by atoms with E-state index in [0.717, 1.165) is 0 Å². The zero-order valence-electron chi connectivity index (χ0n) is 9.75. The van der Waals surface area contributed by atoms with Crippen LogP contribution in [0.5, 0.6) is 0 Å². The summed E-state index contributed by atoms with van der Waals surface area (Å²) in [6, 6.07) is 5.02. The molecule has 0 amide bonds. The summed E-state index contributed by atoms with van der Waals surface area (Å²) in [5.74, 6) is -0.457. The van der Waals surface area contributed by atoms with Gasteiger partial charge in [0.1, 0.15) is 6.33 Å². The third-order valence-corrected chi connectivity index (χ3v) is 2.33. The van der Waals surface area contributed by atoms with Crippen LogP contribution >= 0.6 is 0 Å². The fourth-order valence-corrected chi connectivity index (χ4v) is 1.50. The summed E-state index contributed by atoms with van der Waals surface area (Å²) in [5, 5.41) is 3.01. The second-order valence-electron chi connectivity index (χ2n) is 3.51. The Balaban J connectivity index is 2.40. The molecule has 0 aliphatic carbocycles. The highest BCUT2D eigenvalue weighted by molar-refractivity contribution is 5.99. The van der Waals surface area contributed by atoms with Gasteiger partial charge < -0.3 is 15.8 Å². The maximum Gasteiger partial charge on any atom is 0.340 e. The lowest BCUT2D eigenvalue weighted by molar-refractivity contribution is 0.0602. The summed E-state index contributed by atoms with van der Waals surface area (Å²) in [7, 11) is 1.32. The number of aromatic nitrogens is 2. The van der Waals surface area contributed by atoms with Crippen molar-refractivity contribution >= 4 is 23.0 Å². The number of nitrogen functional groups attached to an aromatic ring is 1. The second-order valence-corrected chi connectivity index (χ2v) is 3.51. The first kappa shape index (κ1) is 11.8. The molecule has 0 bridgehead atoms. The highest BCUT2D eigenvalue weighted by atomic mass is 16.5. The van der Waals surface area contributed by atoms with Crippen molar-refractivity contribution in [3.63, 3.8) is 0 Å². The van der Waals surface area contributed by atoms with E-state index in [1.165, 1.54) is 13.4 Å². The summed E-state index contributed by atoms with van der Waals surface area (Å²) in [6.45, 7) is 0.